The molecule has 1 aromatic heterocycles. The predicted octanol–water partition coefficient (Wildman–Crippen LogP) is 3.11. The van der Waals surface area contributed by atoms with Gasteiger partial charge >= 0.3 is 0 Å². The summed E-state index contributed by atoms with van der Waals surface area (Å²) in [6.07, 6.45) is 3.20. The van der Waals surface area contributed by atoms with Gasteiger partial charge in [0.25, 0.3) is 5.91 Å². The fourth-order valence-corrected chi connectivity index (χ4v) is 1.73. The first-order chi connectivity index (χ1) is 9.18. The van der Waals surface area contributed by atoms with E-state index < -0.39 is 0 Å². The second-order valence-corrected chi connectivity index (χ2v) is 4.31. The summed E-state index contributed by atoms with van der Waals surface area (Å²) in [6.45, 7) is 3.76. The van der Waals surface area contributed by atoms with Crippen molar-refractivity contribution in [2.45, 2.75) is 19.8 Å². The summed E-state index contributed by atoms with van der Waals surface area (Å²) in [6, 6.07) is 11.6. The van der Waals surface area contributed by atoms with Gasteiger partial charge in [-0.1, -0.05) is 37.3 Å². The largest absolute Gasteiger partial charge is 0.469 e. The van der Waals surface area contributed by atoms with Crippen LogP contribution < -0.4 is 5.43 Å². The number of hydrogen-bond acceptors (Lipinski definition) is 3. The van der Waals surface area contributed by atoms with E-state index in [1.54, 1.807) is 19.2 Å². The Labute approximate surface area is 112 Å². The van der Waals surface area contributed by atoms with Gasteiger partial charge in [-0.2, -0.15) is 5.10 Å². The maximum atomic E-state index is 11.8. The zero-order valence-corrected chi connectivity index (χ0v) is 11.0. The lowest BCUT2D eigenvalue weighted by molar-refractivity contribution is 0.0953. The van der Waals surface area contributed by atoms with Crippen LogP contribution in [0.2, 0.25) is 0 Å². The molecule has 1 unspecified atom stereocenters. The minimum atomic E-state index is -0.261. The van der Waals surface area contributed by atoms with Crippen molar-refractivity contribution in [2.75, 3.05) is 0 Å². The van der Waals surface area contributed by atoms with Crippen molar-refractivity contribution in [1.29, 1.82) is 0 Å². The molecule has 4 heteroatoms. The highest BCUT2D eigenvalue weighted by molar-refractivity contribution is 5.95. The minimum absolute atomic E-state index is 0.145. The molecule has 1 heterocycles. The van der Waals surface area contributed by atoms with Gasteiger partial charge in [0.2, 0.25) is 0 Å². The third-order valence-electron chi connectivity index (χ3n) is 2.89. The average Bonchev–Trinajstić information content (AvgIpc) is 2.86. The first kappa shape index (κ1) is 13.1. The summed E-state index contributed by atoms with van der Waals surface area (Å²) in [5.74, 6) is 0.471. The van der Waals surface area contributed by atoms with Crippen molar-refractivity contribution in [2.24, 2.45) is 5.10 Å². The number of benzene rings is 1. The Bertz CT molecular complexity index is 573. The molecule has 0 aliphatic rings. The van der Waals surface area contributed by atoms with Gasteiger partial charge in [0, 0.05) is 12.1 Å². The van der Waals surface area contributed by atoms with E-state index in [-0.39, 0.29) is 11.8 Å². The number of aryl methyl sites for hydroxylation is 1. The highest BCUT2D eigenvalue weighted by Gasteiger charge is 2.10. The second kappa shape index (κ2) is 6.00. The van der Waals surface area contributed by atoms with E-state index in [4.69, 9.17) is 4.42 Å². The lowest BCUT2D eigenvalue weighted by atomic mass is 10.0. The molecule has 0 aliphatic heterocycles. The molecule has 0 aliphatic carbocycles. The molecular formula is C15H16N2O2. The number of carbonyl (C=O) groups excluding carboxylic acids is 1. The van der Waals surface area contributed by atoms with E-state index in [0.29, 0.717) is 11.3 Å². The van der Waals surface area contributed by atoms with Crippen LogP contribution in [0.5, 0.6) is 0 Å². The quantitative estimate of drug-likeness (QED) is 0.675. The van der Waals surface area contributed by atoms with Gasteiger partial charge < -0.3 is 4.42 Å². The van der Waals surface area contributed by atoms with Crippen molar-refractivity contribution in [3.05, 3.63) is 59.5 Å². The summed E-state index contributed by atoms with van der Waals surface area (Å²) in [5.41, 5.74) is 4.15. The van der Waals surface area contributed by atoms with Gasteiger partial charge in [-0.3, -0.25) is 4.79 Å². The SMILES string of the molecule is Cc1occc1C(=O)N/N=C/C(C)c1ccccc1. The van der Waals surface area contributed by atoms with Crippen molar-refractivity contribution in [3.8, 4) is 0 Å². The average molecular weight is 256 g/mol. The number of nitrogens with zero attached hydrogens (tertiary/aromatic N) is 1. The van der Waals surface area contributed by atoms with Gasteiger partial charge in [-0.25, -0.2) is 5.43 Å². The summed E-state index contributed by atoms with van der Waals surface area (Å²) >= 11 is 0. The molecule has 19 heavy (non-hydrogen) atoms. The smallest absolute Gasteiger partial charge is 0.274 e. The number of amides is 1. The van der Waals surface area contributed by atoms with Gasteiger partial charge in [-0.05, 0) is 18.6 Å². The summed E-state index contributed by atoms with van der Waals surface area (Å²) < 4.78 is 5.07. The fraction of sp³-hybridized carbons (Fsp3) is 0.200. The van der Waals surface area contributed by atoms with Gasteiger partial charge in [0.1, 0.15) is 5.76 Å². The van der Waals surface area contributed by atoms with Crippen LogP contribution in [0, 0.1) is 6.92 Å². The first-order valence-electron chi connectivity index (χ1n) is 6.11. The molecule has 98 valence electrons. The third-order valence-corrected chi connectivity index (χ3v) is 2.89. The maximum Gasteiger partial charge on any atom is 0.274 e. The van der Waals surface area contributed by atoms with Crippen molar-refractivity contribution in [1.82, 2.24) is 5.43 Å². The summed E-state index contributed by atoms with van der Waals surface area (Å²) in [4.78, 5) is 11.8. The zero-order chi connectivity index (χ0) is 13.7. The first-order valence-corrected chi connectivity index (χ1v) is 6.11. The van der Waals surface area contributed by atoms with Gasteiger partial charge in [0.05, 0.1) is 11.8 Å². The molecule has 4 nitrogen and oxygen atoms in total. The number of nitrogens with one attached hydrogen (secondary N) is 1. The molecule has 0 fully saturated rings. The molecule has 1 aromatic carbocycles. The Morgan fingerprint density at radius 1 is 1.32 bits per heavy atom. The standard InChI is InChI=1S/C15H16N2O2/c1-11(13-6-4-3-5-7-13)10-16-17-15(18)14-8-9-19-12(14)2/h3-11H,1-2H3,(H,17,18)/b16-10+. The second-order valence-electron chi connectivity index (χ2n) is 4.31. The van der Waals surface area contributed by atoms with Gasteiger partial charge in [-0.15, -0.1) is 0 Å². The lowest BCUT2D eigenvalue weighted by Gasteiger charge is -2.05. The van der Waals surface area contributed by atoms with E-state index in [9.17, 15) is 4.79 Å². The summed E-state index contributed by atoms with van der Waals surface area (Å²) in [7, 11) is 0. The minimum Gasteiger partial charge on any atom is -0.469 e. The molecule has 0 spiro atoms. The molecule has 0 bridgehead atoms. The van der Waals surface area contributed by atoms with Crippen LogP contribution in [0.15, 0.2) is 52.2 Å². The van der Waals surface area contributed by atoms with E-state index >= 15 is 0 Å². The molecule has 0 radical (unpaired) electrons. The number of carbonyl (C=O) groups is 1. The molecule has 2 aromatic rings. The monoisotopic (exact) mass is 256 g/mol. The number of rotatable bonds is 4. The van der Waals surface area contributed by atoms with Crippen LogP contribution in [0.4, 0.5) is 0 Å². The molecule has 1 amide bonds. The van der Waals surface area contributed by atoms with Crippen molar-refractivity contribution in [3.63, 3.8) is 0 Å². The zero-order valence-electron chi connectivity index (χ0n) is 11.0. The van der Waals surface area contributed by atoms with Crippen LogP contribution in [0.1, 0.15) is 34.5 Å². The Hall–Kier alpha value is -2.36. The van der Waals surface area contributed by atoms with E-state index in [0.717, 1.165) is 5.56 Å². The van der Waals surface area contributed by atoms with Crippen LogP contribution in [-0.2, 0) is 0 Å². The van der Waals surface area contributed by atoms with Crippen LogP contribution >= 0.6 is 0 Å². The molecule has 1 N–H and O–H groups in total. The Morgan fingerprint density at radius 2 is 2.05 bits per heavy atom. The van der Waals surface area contributed by atoms with Crippen LogP contribution in [0.25, 0.3) is 0 Å². The highest BCUT2D eigenvalue weighted by Crippen LogP contribution is 2.12. The molecule has 0 saturated carbocycles. The maximum absolute atomic E-state index is 11.8. The number of furan rings is 1. The number of hydrogen-bond donors (Lipinski definition) is 1. The van der Waals surface area contributed by atoms with Crippen molar-refractivity contribution < 1.29 is 9.21 Å². The Morgan fingerprint density at radius 3 is 2.68 bits per heavy atom. The number of hydrazone groups is 1. The normalized spacial score (nSPS) is 12.5. The lowest BCUT2D eigenvalue weighted by Crippen LogP contribution is -2.18. The molecule has 0 saturated heterocycles. The van der Waals surface area contributed by atoms with E-state index in [1.165, 1.54) is 6.26 Å². The molecular weight excluding hydrogens is 240 g/mol. The predicted molar refractivity (Wildman–Crippen MR) is 74.3 cm³/mol. The van der Waals surface area contributed by atoms with Gasteiger partial charge in [0.15, 0.2) is 0 Å². The topological polar surface area (TPSA) is 54.6 Å². The van der Waals surface area contributed by atoms with Crippen LogP contribution in [-0.4, -0.2) is 12.1 Å². The Kier molecular flexibility index (Phi) is 4.13. The summed E-state index contributed by atoms with van der Waals surface area (Å²) in [5, 5.41) is 3.98. The fourth-order valence-electron chi connectivity index (χ4n) is 1.73. The third kappa shape index (κ3) is 3.31. The Balaban J connectivity index is 1.94. The van der Waals surface area contributed by atoms with Crippen LogP contribution in [0.3, 0.4) is 0 Å². The highest BCUT2D eigenvalue weighted by atomic mass is 16.3. The molecule has 1 atom stereocenters. The van der Waals surface area contributed by atoms with Crippen molar-refractivity contribution >= 4 is 12.1 Å². The van der Waals surface area contributed by atoms with E-state index in [2.05, 4.69) is 10.5 Å². The molecule has 2 rings (SSSR count). The van der Waals surface area contributed by atoms with E-state index in [1.807, 2.05) is 37.3 Å².